The monoisotopic (exact) mass is 293 g/mol. The Morgan fingerprint density at radius 1 is 1.48 bits per heavy atom. The molecule has 1 unspecified atom stereocenters. The second-order valence-corrected chi connectivity index (χ2v) is 5.85. The molecular formula is C16H24FN3O. The highest BCUT2D eigenvalue weighted by molar-refractivity contribution is 5.90. The van der Waals surface area contributed by atoms with E-state index in [1.54, 1.807) is 12.1 Å². The molecule has 1 fully saturated rings. The Bertz CT molecular complexity index is 470. The van der Waals surface area contributed by atoms with Crippen LogP contribution in [-0.2, 0) is 4.79 Å². The number of carbonyl (C=O) groups excluding carboxylic acids is 1. The maximum absolute atomic E-state index is 13.0. The first-order valence-electron chi connectivity index (χ1n) is 7.58. The molecule has 1 aromatic rings. The van der Waals surface area contributed by atoms with E-state index in [2.05, 4.69) is 17.1 Å². The summed E-state index contributed by atoms with van der Waals surface area (Å²) in [5.41, 5.74) is 6.43. The summed E-state index contributed by atoms with van der Waals surface area (Å²) >= 11 is 0. The third-order valence-electron chi connectivity index (χ3n) is 4.14. The van der Waals surface area contributed by atoms with Crippen LogP contribution in [0.3, 0.4) is 0 Å². The molecule has 1 aromatic carbocycles. The number of hydrogen-bond donors (Lipinski definition) is 2. The van der Waals surface area contributed by atoms with E-state index in [0.717, 1.165) is 32.5 Å². The molecule has 0 spiro atoms. The zero-order chi connectivity index (χ0) is 15.2. The number of amides is 1. The second kappa shape index (κ2) is 7.52. The minimum Gasteiger partial charge on any atom is -0.328 e. The van der Waals surface area contributed by atoms with E-state index in [1.165, 1.54) is 12.1 Å². The lowest BCUT2D eigenvalue weighted by Crippen LogP contribution is -2.40. The second-order valence-electron chi connectivity index (χ2n) is 5.85. The first kappa shape index (κ1) is 15.9. The van der Waals surface area contributed by atoms with Crippen molar-refractivity contribution in [2.45, 2.75) is 32.2 Å². The Kier molecular flexibility index (Phi) is 5.70. The van der Waals surface area contributed by atoms with Gasteiger partial charge in [-0.15, -0.1) is 0 Å². The molecule has 0 saturated carbocycles. The largest absolute Gasteiger partial charge is 0.328 e. The van der Waals surface area contributed by atoms with Crippen LogP contribution in [0, 0.1) is 11.7 Å². The number of piperidine rings is 1. The molecule has 2 rings (SSSR count). The molecule has 3 N–H and O–H groups in total. The van der Waals surface area contributed by atoms with E-state index < -0.39 is 0 Å². The van der Waals surface area contributed by atoms with E-state index in [9.17, 15) is 9.18 Å². The number of likely N-dealkylation sites (tertiary alicyclic amines) is 1. The molecule has 4 nitrogen and oxygen atoms in total. The van der Waals surface area contributed by atoms with Gasteiger partial charge < -0.3 is 16.0 Å². The van der Waals surface area contributed by atoms with Gasteiger partial charge in [0.05, 0.1) is 0 Å². The normalized spacial score (nSPS) is 18.4. The fourth-order valence-electron chi connectivity index (χ4n) is 2.75. The average Bonchev–Trinajstić information content (AvgIpc) is 2.45. The molecular weight excluding hydrogens is 269 g/mol. The molecule has 116 valence electrons. The van der Waals surface area contributed by atoms with Crippen LogP contribution >= 0.6 is 0 Å². The molecule has 5 heteroatoms. The first-order valence-corrected chi connectivity index (χ1v) is 7.58. The van der Waals surface area contributed by atoms with Crippen molar-refractivity contribution >= 4 is 11.6 Å². The van der Waals surface area contributed by atoms with Gasteiger partial charge >= 0.3 is 0 Å². The Morgan fingerprint density at radius 3 is 2.81 bits per heavy atom. The Hall–Kier alpha value is -1.46. The van der Waals surface area contributed by atoms with Gasteiger partial charge in [0.15, 0.2) is 0 Å². The summed E-state index contributed by atoms with van der Waals surface area (Å²) in [6, 6.07) is 6.21. The van der Waals surface area contributed by atoms with E-state index in [0.29, 0.717) is 18.0 Å². The average molecular weight is 293 g/mol. The van der Waals surface area contributed by atoms with Crippen LogP contribution in [-0.4, -0.2) is 36.5 Å². The van der Waals surface area contributed by atoms with Gasteiger partial charge in [-0.1, -0.05) is 6.07 Å². The Labute approximate surface area is 125 Å². The molecule has 0 radical (unpaired) electrons. The van der Waals surface area contributed by atoms with E-state index in [4.69, 9.17) is 5.73 Å². The maximum Gasteiger partial charge on any atom is 0.225 e. The predicted molar refractivity (Wildman–Crippen MR) is 82.5 cm³/mol. The lowest BCUT2D eigenvalue weighted by Gasteiger charge is -2.33. The van der Waals surface area contributed by atoms with Gasteiger partial charge in [0.2, 0.25) is 5.91 Å². The maximum atomic E-state index is 13.0. The minimum absolute atomic E-state index is 0.0742. The van der Waals surface area contributed by atoms with Gasteiger partial charge in [0, 0.05) is 24.7 Å². The van der Waals surface area contributed by atoms with Crippen molar-refractivity contribution in [3.05, 3.63) is 30.1 Å². The summed E-state index contributed by atoms with van der Waals surface area (Å²) < 4.78 is 13.0. The summed E-state index contributed by atoms with van der Waals surface area (Å²) in [7, 11) is 0. The number of halogens is 1. The summed E-state index contributed by atoms with van der Waals surface area (Å²) in [4.78, 5) is 14.2. The lowest BCUT2D eigenvalue weighted by molar-refractivity contribution is -0.116. The van der Waals surface area contributed by atoms with Crippen LogP contribution in [0.1, 0.15) is 26.2 Å². The number of carbonyl (C=O) groups is 1. The molecule has 1 amide bonds. The summed E-state index contributed by atoms with van der Waals surface area (Å²) in [6.07, 6.45) is 2.63. The molecule has 1 aliphatic rings. The molecule has 1 atom stereocenters. The van der Waals surface area contributed by atoms with Crippen molar-refractivity contribution in [2.24, 2.45) is 11.7 Å². The number of anilines is 1. The van der Waals surface area contributed by atoms with Gasteiger partial charge in [-0.05, 0) is 57.0 Å². The molecule has 1 heterocycles. The number of rotatable bonds is 5. The van der Waals surface area contributed by atoms with Gasteiger partial charge in [-0.25, -0.2) is 4.39 Å². The first-order chi connectivity index (χ1) is 10.0. The topological polar surface area (TPSA) is 58.4 Å². The fraction of sp³-hybridized carbons (Fsp3) is 0.562. The highest BCUT2D eigenvalue weighted by atomic mass is 19.1. The van der Waals surface area contributed by atoms with Crippen LogP contribution in [0.25, 0.3) is 0 Å². The van der Waals surface area contributed by atoms with E-state index >= 15 is 0 Å². The summed E-state index contributed by atoms with van der Waals surface area (Å²) in [5, 5.41) is 2.72. The quantitative estimate of drug-likeness (QED) is 0.875. The fourth-order valence-corrected chi connectivity index (χ4v) is 2.75. The highest BCUT2D eigenvalue weighted by Gasteiger charge is 2.21. The molecule has 1 saturated heterocycles. The van der Waals surface area contributed by atoms with E-state index in [-0.39, 0.29) is 17.8 Å². The van der Waals surface area contributed by atoms with Gasteiger partial charge in [0.1, 0.15) is 5.82 Å². The van der Waals surface area contributed by atoms with Crippen LogP contribution in [0.5, 0.6) is 0 Å². The highest BCUT2D eigenvalue weighted by Crippen LogP contribution is 2.19. The Balaban J connectivity index is 1.70. The van der Waals surface area contributed by atoms with Crippen molar-refractivity contribution in [3.63, 3.8) is 0 Å². The zero-order valence-electron chi connectivity index (χ0n) is 12.5. The minimum atomic E-state index is -0.342. The summed E-state index contributed by atoms with van der Waals surface area (Å²) in [5.74, 6) is 0.183. The summed E-state index contributed by atoms with van der Waals surface area (Å²) in [6.45, 7) is 4.80. The number of nitrogens with zero attached hydrogens (tertiary/aromatic N) is 1. The van der Waals surface area contributed by atoms with Crippen molar-refractivity contribution in [1.29, 1.82) is 0 Å². The van der Waals surface area contributed by atoms with Crippen LogP contribution < -0.4 is 11.1 Å². The van der Waals surface area contributed by atoms with E-state index in [1.807, 2.05) is 0 Å². The molecule has 0 bridgehead atoms. The molecule has 1 aliphatic heterocycles. The smallest absolute Gasteiger partial charge is 0.225 e. The SMILES string of the molecule is CC(N)C1CCN(CCC(=O)Nc2cccc(F)c2)CC1. The molecule has 0 aromatic heterocycles. The molecule has 0 aliphatic carbocycles. The lowest BCUT2D eigenvalue weighted by atomic mass is 9.91. The molecule has 21 heavy (non-hydrogen) atoms. The van der Waals surface area contributed by atoms with Crippen molar-refractivity contribution in [3.8, 4) is 0 Å². The van der Waals surface area contributed by atoms with Crippen molar-refractivity contribution < 1.29 is 9.18 Å². The van der Waals surface area contributed by atoms with Gasteiger partial charge in [-0.2, -0.15) is 0 Å². The van der Waals surface area contributed by atoms with Crippen molar-refractivity contribution in [2.75, 3.05) is 25.0 Å². The predicted octanol–water partition coefficient (Wildman–Crippen LogP) is 2.21. The number of benzene rings is 1. The number of hydrogen-bond acceptors (Lipinski definition) is 3. The van der Waals surface area contributed by atoms with Crippen LogP contribution in [0.15, 0.2) is 24.3 Å². The third-order valence-corrected chi connectivity index (χ3v) is 4.14. The third kappa shape index (κ3) is 5.10. The number of nitrogens with two attached hydrogens (primary N) is 1. The van der Waals surface area contributed by atoms with Crippen LogP contribution in [0.4, 0.5) is 10.1 Å². The van der Waals surface area contributed by atoms with Crippen LogP contribution in [0.2, 0.25) is 0 Å². The van der Waals surface area contributed by atoms with Gasteiger partial charge in [0.25, 0.3) is 0 Å². The number of nitrogens with one attached hydrogen (secondary N) is 1. The van der Waals surface area contributed by atoms with Crippen molar-refractivity contribution in [1.82, 2.24) is 4.90 Å². The standard InChI is InChI=1S/C16H24FN3O/c1-12(18)13-5-8-20(9-6-13)10-7-16(21)19-15-4-2-3-14(17)11-15/h2-4,11-13H,5-10,18H2,1H3,(H,19,21). The van der Waals surface area contributed by atoms with Gasteiger partial charge in [-0.3, -0.25) is 4.79 Å². The zero-order valence-corrected chi connectivity index (χ0v) is 12.5. The Morgan fingerprint density at radius 2 is 2.19 bits per heavy atom.